The summed E-state index contributed by atoms with van der Waals surface area (Å²) in [6, 6.07) is 4.12. The highest BCUT2D eigenvalue weighted by Crippen LogP contribution is 2.25. The second-order valence-electron chi connectivity index (χ2n) is 3.00. The number of nitrogens with one attached hydrogen (secondary N) is 2. The lowest BCUT2D eigenvalue weighted by atomic mass is 10.3. The van der Waals surface area contributed by atoms with Gasteiger partial charge in [0.2, 0.25) is 0 Å². The average molecular weight is 261 g/mol. The van der Waals surface area contributed by atoms with Crippen LogP contribution in [-0.2, 0) is 0 Å². The number of anilines is 1. The Morgan fingerprint density at radius 2 is 2.12 bits per heavy atom. The molecule has 0 bridgehead atoms. The van der Waals surface area contributed by atoms with E-state index < -0.39 is 6.03 Å². The summed E-state index contributed by atoms with van der Waals surface area (Å²) in [6.07, 6.45) is 0. The van der Waals surface area contributed by atoms with Crippen molar-refractivity contribution in [2.45, 2.75) is 0 Å². The van der Waals surface area contributed by atoms with E-state index in [-0.39, 0.29) is 5.96 Å². The van der Waals surface area contributed by atoms with Crippen LogP contribution >= 0.6 is 23.2 Å². The SMILES string of the molecule is CN(C(=N)N)C(=O)Nc1cc(Cl)ccc1Cl. The second-order valence-corrected chi connectivity index (χ2v) is 3.84. The van der Waals surface area contributed by atoms with Gasteiger partial charge in [0.05, 0.1) is 10.7 Å². The van der Waals surface area contributed by atoms with Crippen LogP contribution in [0.4, 0.5) is 10.5 Å². The average Bonchev–Trinajstić information content (AvgIpc) is 2.22. The molecule has 1 aromatic carbocycles. The fraction of sp³-hybridized carbons (Fsp3) is 0.111. The molecule has 4 N–H and O–H groups in total. The highest BCUT2D eigenvalue weighted by Gasteiger charge is 2.12. The van der Waals surface area contributed by atoms with E-state index in [4.69, 9.17) is 34.3 Å². The zero-order valence-electron chi connectivity index (χ0n) is 8.42. The first-order chi connectivity index (χ1) is 7.41. The molecular weight excluding hydrogens is 251 g/mol. The van der Waals surface area contributed by atoms with Gasteiger partial charge in [-0.1, -0.05) is 23.2 Å². The van der Waals surface area contributed by atoms with E-state index in [1.165, 1.54) is 13.1 Å². The van der Waals surface area contributed by atoms with Gasteiger partial charge in [-0.2, -0.15) is 0 Å². The van der Waals surface area contributed by atoms with Crippen LogP contribution in [0, 0.1) is 5.41 Å². The van der Waals surface area contributed by atoms with Crippen molar-refractivity contribution in [1.82, 2.24) is 4.90 Å². The van der Waals surface area contributed by atoms with E-state index in [2.05, 4.69) is 5.32 Å². The molecule has 0 saturated heterocycles. The van der Waals surface area contributed by atoms with E-state index in [1.807, 2.05) is 0 Å². The van der Waals surface area contributed by atoms with Gasteiger partial charge in [0.15, 0.2) is 5.96 Å². The number of guanidine groups is 1. The first-order valence-corrected chi connectivity index (χ1v) is 5.01. The Hall–Kier alpha value is -1.46. The number of urea groups is 1. The number of nitrogens with zero attached hydrogens (tertiary/aromatic N) is 1. The fourth-order valence-corrected chi connectivity index (χ4v) is 1.24. The summed E-state index contributed by atoms with van der Waals surface area (Å²) >= 11 is 11.6. The summed E-state index contributed by atoms with van der Waals surface area (Å²) in [5.74, 6) is -0.365. The van der Waals surface area contributed by atoms with Crippen LogP contribution in [0.2, 0.25) is 10.0 Å². The van der Waals surface area contributed by atoms with Gasteiger partial charge in [-0.15, -0.1) is 0 Å². The maximum absolute atomic E-state index is 11.5. The highest BCUT2D eigenvalue weighted by molar-refractivity contribution is 6.35. The van der Waals surface area contributed by atoms with Crippen LogP contribution in [0.25, 0.3) is 0 Å². The van der Waals surface area contributed by atoms with Gasteiger partial charge >= 0.3 is 6.03 Å². The van der Waals surface area contributed by atoms with Crippen molar-refractivity contribution in [2.24, 2.45) is 5.73 Å². The summed E-state index contributed by atoms with van der Waals surface area (Å²) in [7, 11) is 1.37. The predicted octanol–water partition coefficient (Wildman–Crippen LogP) is 2.35. The molecule has 16 heavy (non-hydrogen) atoms. The first-order valence-electron chi connectivity index (χ1n) is 4.25. The minimum Gasteiger partial charge on any atom is -0.370 e. The van der Waals surface area contributed by atoms with Crippen molar-refractivity contribution in [3.05, 3.63) is 28.2 Å². The van der Waals surface area contributed by atoms with Gasteiger partial charge in [0.1, 0.15) is 0 Å². The molecule has 0 fully saturated rings. The summed E-state index contributed by atoms with van der Waals surface area (Å²) < 4.78 is 0. The number of rotatable bonds is 1. The third-order valence-electron chi connectivity index (χ3n) is 1.84. The number of halogens is 2. The topological polar surface area (TPSA) is 82.2 Å². The summed E-state index contributed by atoms with van der Waals surface area (Å²) in [4.78, 5) is 12.5. The van der Waals surface area contributed by atoms with Crippen LogP contribution in [0.5, 0.6) is 0 Å². The number of hydrogen-bond acceptors (Lipinski definition) is 2. The zero-order valence-corrected chi connectivity index (χ0v) is 9.93. The van der Waals surface area contributed by atoms with Gasteiger partial charge in [-0.25, -0.2) is 4.79 Å². The Bertz CT molecular complexity index is 436. The molecular formula is C9H10Cl2N4O. The summed E-state index contributed by atoms with van der Waals surface area (Å²) in [5, 5.41) is 10.4. The van der Waals surface area contributed by atoms with Crippen molar-refractivity contribution in [1.29, 1.82) is 5.41 Å². The molecule has 0 spiro atoms. The summed E-state index contributed by atoms with van der Waals surface area (Å²) in [6.45, 7) is 0. The molecule has 0 atom stereocenters. The van der Waals surface area contributed by atoms with Crippen LogP contribution < -0.4 is 11.1 Å². The van der Waals surface area contributed by atoms with Crippen molar-refractivity contribution in [3.63, 3.8) is 0 Å². The van der Waals surface area contributed by atoms with E-state index in [0.717, 1.165) is 4.90 Å². The van der Waals surface area contributed by atoms with Crippen molar-refractivity contribution >= 4 is 40.9 Å². The standard InChI is InChI=1S/C9H10Cl2N4O/c1-15(8(12)13)9(16)14-7-4-5(10)2-3-6(7)11/h2-4H,1H3,(H3,12,13)(H,14,16). The van der Waals surface area contributed by atoms with E-state index in [1.54, 1.807) is 12.1 Å². The number of nitrogens with two attached hydrogens (primary N) is 1. The van der Waals surface area contributed by atoms with Crippen LogP contribution in [0.1, 0.15) is 0 Å². The monoisotopic (exact) mass is 260 g/mol. The summed E-state index contributed by atoms with van der Waals surface area (Å²) in [5.41, 5.74) is 5.52. The molecule has 0 aliphatic rings. The van der Waals surface area contributed by atoms with Gasteiger partial charge in [-0.3, -0.25) is 10.3 Å². The van der Waals surface area contributed by atoms with Gasteiger partial charge < -0.3 is 11.1 Å². The first kappa shape index (κ1) is 12.6. The quantitative estimate of drug-likeness (QED) is 0.535. The Morgan fingerprint density at radius 1 is 1.50 bits per heavy atom. The molecule has 1 rings (SSSR count). The molecule has 7 heteroatoms. The van der Waals surface area contributed by atoms with Gasteiger partial charge in [0.25, 0.3) is 0 Å². The van der Waals surface area contributed by atoms with Gasteiger partial charge in [0, 0.05) is 12.1 Å². The molecule has 0 aromatic heterocycles. The Labute approximate surface area is 103 Å². The number of benzene rings is 1. The molecule has 0 heterocycles. The second kappa shape index (κ2) is 5.05. The molecule has 0 aliphatic carbocycles. The minimum absolute atomic E-state index is 0.356. The van der Waals surface area contributed by atoms with Crippen LogP contribution in [-0.4, -0.2) is 23.9 Å². The lowest BCUT2D eigenvalue weighted by Gasteiger charge is -2.16. The number of hydrogen-bond donors (Lipinski definition) is 3. The van der Waals surface area contributed by atoms with Crippen molar-refractivity contribution in [3.8, 4) is 0 Å². The molecule has 1 aromatic rings. The highest BCUT2D eigenvalue weighted by atomic mass is 35.5. The van der Waals surface area contributed by atoms with E-state index in [9.17, 15) is 4.79 Å². The number of carbonyl (C=O) groups excluding carboxylic acids is 1. The molecule has 5 nitrogen and oxygen atoms in total. The molecule has 0 aliphatic heterocycles. The Kier molecular flexibility index (Phi) is 3.98. The fourth-order valence-electron chi connectivity index (χ4n) is 0.902. The maximum Gasteiger partial charge on any atom is 0.328 e. The lowest BCUT2D eigenvalue weighted by molar-refractivity contribution is 0.238. The van der Waals surface area contributed by atoms with Crippen molar-refractivity contribution in [2.75, 3.05) is 12.4 Å². The normalized spacial score (nSPS) is 9.69. The third kappa shape index (κ3) is 3.01. The maximum atomic E-state index is 11.5. The number of amides is 2. The Morgan fingerprint density at radius 3 is 2.69 bits per heavy atom. The molecule has 0 radical (unpaired) electrons. The van der Waals surface area contributed by atoms with E-state index in [0.29, 0.717) is 15.7 Å². The smallest absolute Gasteiger partial charge is 0.328 e. The largest absolute Gasteiger partial charge is 0.370 e. The molecule has 2 amide bonds. The number of carbonyl (C=O) groups is 1. The molecule has 0 saturated carbocycles. The van der Waals surface area contributed by atoms with Crippen LogP contribution in [0.3, 0.4) is 0 Å². The van der Waals surface area contributed by atoms with E-state index >= 15 is 0 Å². The Balaban J connectivity index is 2.84. The predicted molar refractivity (Wildman–Crippen MR) is 65.2 cm³/mol. The van der Waals surface area contributed by atoms with Crippen molar-refractivity contribution < 1.29 is 4.79 Å². The minimum atomic E-state index is -0.559. The lowest BCUT2D eigenvalue weighted by Crippen LogP contribution is -2.40. The van der Waals surface area contributed by atoms with Gasteiger partial charge in [-0.05, 0) is 18.2 Å². The van der Waals surface area contributed by atoms with Crippen LogP contribution in [0.15, 0.2) is 18.2 Å². The molecule has 0 unspecified atom stereocenters. The third-order valence-corrected chi connectivity index (χ3v) is 2.40. The zero-order chi connectivity index (χ0) is 12.3. The molecule has 86 valence electrons.